The highest BCUT2D eigenvalue weighted by molar-refractivity contribution is 6.05. The van der Waals surface area contributed by atoms with E-state index in [-0.39, 0.29) is 18.0 Å². The van der Waals surface area contributed by atoms with Crippen LogP contribution in [0.25, 0.3) is 0 Å². The van der Waals surface area contributed by atoms with Crippen LogP contribution in [-0.2, 0) is 16.6 Å². The fourth-order valence-electron chi connectivity index (χ4n) is 1.32. The Morgan fingerprint density at radius 1 is 1.56 bits per heavy atom. The number of nitrogens with zero attached hydrogens (tertiary/aromatic N) is 2. The van der Waals surface area contributed by atoms with E-state index in [0.717, 1.165) is 0 Å². The average Bonchev–Trinajstić information content (AvgIpc) is 2.54. The van der Waals surface area contributed by atoms with Crippen molar-refractivity contribution in [1.29, 1.82) is 0 Å². The molecule has 0 saturated carbocycles. The Balaban J connectivity index is 3.12. The molecule has 7 heteroatoms. The summed E-state index contributed by atoms with van der Waals surface area (Å²) in [6, 6.07) is 0. The summed E-state index contributed by atoms with van der Waals surface area (Å²) in [6.07, 6.45) is 0. The van der Waals surface area contributed by atoms with Gasteiger partial charge in [0.1, 0.15) is 5.56 Å². The molecule has 0 spiro atoms. The highest BCUT2D eigenvalue weighted by Gasteiger charge is 2.23. The van der Waals surface area contributed by atoms with Crippen molar-refractivity contribution < 1.29 is 18.7 Å². The lowest BCUT2D eigenvalue weighted by Crippen LogP contribution is -2.15. The molecule has 0 saturated heterocycles. The van der Waals surface area contributed by atoms with E-state index in [9.17, 15) is 14.0 Å². The van der Waals surface area contributed by atoms with Crippen LogP contribution >= 0.6 is 0 Å². The van der Waals surface area contributed by atoms with Gasteiger partial charge in [-0.15, -0.1) is 0 Å². The highest BCUT2D eigenvalue weighted by Crippen LogP contribution is 2.19. The van der Waals surface area contributed by atoms with Crippen molar-refractivity contribution in [2.24, 2.45) is 7.05 Å². The first-order chi connectivity index (χ1) is 8.38. The van der Waals surface area contributed by atoms with Crippen LogP contribution in [0.3, 0.4) is 0 Å². The van der Waals surface area contributed by atoms with Gasteiger partial charge in [-0.25, -0.2) is 9.18 Å². The number of rotatable bonds is 4. The molecule has 1 aromatic heterocycles. The van der Waals surface area contributed by atoms with Gasteiger partial charge >= 0.3 is 5.97 Å². The molecule has 0 aliphatic heterocycles. The lowest BCUT2D eigenvalue weighted by Gasteiger charge is -2.04. The number of carbonyl (C=O) groups is 2. The third-order valence-corrected chi connectivity index (χ3v) is 2.29. The molecule has 0 unspecified atom stereocenters. The van der Waals surface area contributed by atoms with Gasteiger partial charge in [-0.2, -0.15) is 5.10 Å². The number of nitrogens with one attached hydrogen (secondary N) is 1. The van der Waals surface area contributed by atoms with Crippen LogP contribution in [0.1, 0.15) is 23.0 Å². The normalized spacial score (nSPS) is 10.0. The molecule has 0 aromatic carbocycles. The Hall–Kier alpha value is -2.18. The van der Waals surface area contributed by atoms with Crippen LogP contribution in [0.2, 0.25) is 0 Å². The number of hydrogen-bond acceptors (Lipinski definition) is 4. The maximum absolute atomic E-state index is 12.6. The molecule has 18 heavy (non-hydrogen) atoms. The summed E-state index contributed by atoms with van der Waals surface area (Å²) in [5.74, 6) is -2.87. The van der Waals surface area contributed by atoms with Crippen molar-refractivity contribution in [2.75, 3.05) is 11.9 Å². The largest absolute Gasteiger partial charge is 0.462 e. The summed E-state index contributed by atoms with van der Waals surface area (Å²) in [5, 5.41) is 6.08. The number of aryl methyl sites for hydroxylation is 1. The van der Waals surface area contributed by atoms with Gasteiger partial charge < -0.3 is 10.1 Å². The number of ether oxygens (including phenoxy) is 1. The lowest BCUT2D eigenvalue weighted by molar-refractivity contribution is -0.114. The summed E-state index contributed by atoms with van der Waals surface area (Å²) in [7, 11) is 1.60. The molecule has 0 atom stereocenters. The molecular formula is C11H14FN3O3. The fourth-order valence-corrected chi connectivity index (χ4v) is 1.32. The van der Waals surface area contributed by atoms with E-state index in [0.29, 0.717) is 5.69 Å². The monoisotopic (exact) mass is 255 g/mol. The topological polar surface area (TPSA) is 73.2 Å². The fraction of sp³-hybridized carbons (Fsp3) is 0.364. The maximum atomic E-state index is 12.6. The highest BCUT2D eigenvalue weighted by atomic mass is 19.1. The third kappa shape index (κ3) is 2.73. The maximum Gasteiger partial charge on any atom is 0.343 e. The van der Waals surface area contributed by atoms with E-state index in [1.54, 1.807) is 20.9 Å². The lowest BCUT2D eigenvalue weighted by atomic mass is 10.2. The SMILES string of the molecule is C=C(F)C(=O)Nc1nn(C)c(C)c1C(=O)OCC. The molecule has 1 N–H and O–H groups in total. The van der Waals surface area contributed by atoms with Crippen LogP contribution in [0.5, 0.6) is 0 Å². The Morgan fingerprint density at radius 2 is 2.17 bits per heavy atom. The minimum Gasteiger partial charge on any atom is -0.462 e. The number of anilines is 1. The van der Waals surface area contributed by atoms with E-state index < -0.39 is 17.7 Å². The first-order valence-corrected chi connectivity index (χ1v) is 5.25. The molecule has 0 aliphatic carbocycles. The Kier molecular flexibility index (Phi) is 4.19. The zero-order valence-corrected chi connectivity index (χ0v) is 10.4. The van der Waals surface area contributed by atoms with E-state index >= 15 is 0 Å². The first-order valence-electron chi connectivity index (χ1n) is 5.25. The van der Waals surface area contributed by atoms with Gasteiger partial charge in [-0.3, -0.25) is 9.48 Å². The van der Waals surface area contributed by atoms with Gasteiger partial charge in [0.05, 0.1) is 12.3 Å². The predicted molar refractivity (Wildman–Crippen MR) is 62.8 cm³/mol. The second-order valence-corrected chi connectivity index (χ2v) is 3.51. The summed E-state index contributed by atoms with van der Waals surface area (Å²) >= 11 is 0. The predicted octanol–water partition coefficient (Wildman–Crippen LogP) is 1.33. The molecule has 0 radical (unpaired) electrons. The molecule has 1 amide bonds. The van der Waals surface area contributed by atoms with Crippen molar-refractivity contribution >= 4 is 17.7 Å². The zero-order chi connectivity index (χ0) is 13.9. The van der Waals surface area contributed by atoms with Gasteiger partial charge in [-0.05, 0) is 13.8 Å². The molecule has 98 valence electrons. The second-order valence-electron chi connectivity index (χ2n) is 3.51. The minimum absolute atomic E-state index is 0.0442. The van der Waals surface area contributed by atoms with Crippen LogP contribution in [0, 0.1) is 6.92 Å². The molecule has 1 aromatic rings. The number of aromatic nitrogens is 2. The van der Waals surface area contributed by atoms with E-state index in [1.807, 2.05) is 0 Å². The van der Waals surface area contributed by atoms with Gasteiger partial charge in [-0.1, -0.05) is 6.58 Å². The summed E-state index contributed by atoms with van der Waals surface area (Å²) in [5.41, 5.74) is 0.613. The number of esters is 1. The molecule has 6 nitrogen and oxygen atoms in total. The van der Waals surface area contributed by atoms with Crippen molar-refractivity contribution in [1.82, 2.24) is 9.78 Å². The second kappa shape index (κ2) is 5.44. The number of hydrogen-bond donors (Lipinski definition) is 1. The quantitative estimate of drug-likeness (QED) is 0.650. The van der Waals surface area contributed by atoms with Gasteiger partial charge in [0, 0.05) is 7.05 Å². The molecular weight excluding hydrogens is 241 g/mol. The van der Waals surface area contributed by atoms with Crippen molar-refractivity contribution in [3.05, 3.63) is 23.7 Å². The van der Waals surface area contributed by atoms with E-state index in [1.165, 1.54) is 4.68 Å². The van der Waals surface area contributed by atoms with Crippen LogP contribution in [-0.4, -0.2) is 28.3 Å². The molecule has 1 heterocycles. The van der Waals surface area contributed by atoms with Gasteiger partial charge in [0.25, 0.3) is 5.91 Å². The van der Waals surface area contributed by atoms with E-state index in [4.69, 9.17) is 4.74 Å². The average molecular weight is 255 g/mol. The van der Waals surface area contributed by atoms with Gasteiger partial charge in [0.15, 0.2) is 11.6 Å². The molecule has 1 rings (SSSR count). The number of carbonyl (C=O) groups excluding carboxylic acids is 2. The Morgan fingerprint density at radius 3 is 2.67 bits per heavy atom. The summed E-state index contributed by atoms with van der Waals surface area (Å²) in [6.45, 7) is 6.35. The summed E-state index contributed by atoms with van der Waals surface area (Å²) < 4.78 is 18.8. The van der Waals surface area contributed by atoms with Crippen molar-refractivity contribution in [2.45, 2.75) is 13.8 Å². The molecule has 0 fully saturated rings. The van der Waals surface area contributed by atoms with Crippen LogP contribution in [0.15, 0.2) is 12.4 Å². The van der Waals surface area contributed by atoms with Crippen molar-refractivity contribution in [3.63, 3.8) is 0 Å². The zero-order valence-electron chi connectivity index (χ0n) is 10.4. The Labute approximate surface area is 103 Å². The number of amides is 1. The summed E-state index contributed by atoms with van der Waals surface area (Å²) in [4.78, 5) is 22.9. The first kappa shape index (κ1) is 13.9. The van der Waals surface area contributed by atoms with Crippen LogP contribution in [0.4, 0.5) is 10.2 Å². The minimum atomic E-state index is -1.16. The van der Waals surface area contributed by atoms with Gasteiger partial charge in [0.2, 0.25) is 0 Å². The van der Waals surface area contributed by atoms with Crippen LogP contribution < -0.4 is 5.32 Å². The number of halogens is 1. The van der Waals surface area contributed by atoms with E-state index in [2.05, 4.69) is 17.0 Å². The van der Waals surface area contributed by atoms with Crippen molar-refractivity contribution in [3.8, 4) is 0 Å². The third-order valence-electron chi connectivity index (χ3n) is 2.29. The Bertz CT molecular complexity index is 508. The molecule has 0 bridgehead atoms. The smallest absolute Gasteiger partial charge is 0.343 e. The standard InChI is InChI=1S/C11H14FN3O3/c1-5-18-11(17)8-7(3)15(4)14-9(8)13-10(16)6(2)12/h2,5H2,1,3-4H3,(H,13,14,16). The molecule has 0 aliphatic rings.